The van der Waals surface area contributed by atoms with Gasteiger partial charge in [0.15, 0.2) is 6.61 Å². The molecule has 0 aliphatic carbocycles. The first-order valence-corrected chi connectivity index (χ1v) is 8.61. The molecule has 0 saturated carbocycles. The summed E-state index contributed by atoms with van der Waals surface area (Å²) in [5, 5.41) is 0. The molecule has 0 radical (unpaired) electrons. The Labute approximate surface area is 167 Å². The Morgan fingerprint density at radius 1 is 1.13 bits per heavy atom. The van der Waals surface area contributed by atoms with E-state index in [4.69, 9.17) is 10.5 Å². The summed E-state index contributed by atoms with van der Waals surface area (Å²) in [5.74, 6) is -2.81. The SMILES string of the molecule is CCCn1c(N)c(C(=O)COC(=O)c2ccc(OC(F)(F)F)cc2)c(=O)n(C)c1=O. The Balaban J connectivity index is 2.17. The Bertz CT molecular complexity index is 1070. The van der Waals surface area contributed by atoms with E-state index >= 15 is 0 Å². The minimum absolute atomic E-state index is 0.144. The summed E-state index contributed by atoms with van der Waals surface area (Å²) in [5.41, 5.74) is 3.55. The maximum Gasteiger partial charge on any atom is 0.573 e. The fourth-order valence-electron chi connectivity index (χ4n) is 2.56. The number of hydrogen-bond acceptors (Lipinski definition) is 7. The second-order valence-electron chi connectivity index (χ2n) is 6.13. The van der Waals surface area contributed by atoms with E-state index < -0.39 is 47.3 Å². The highest BCUT2D eigenvalue weighted by atomic mass is 19.4. The number of hydrogen-bond donors (Lipinski definition) is 1. The van der Waals surface area contributed by atoms with Gasteiger partial charge in [0.05, 0.1) is 5.56 Å². The summed E-state index contributed by atoms with van der Waals surface area (Å²) in [4.78, 5) is 48.8. The van der Waals surface area contributed by atoms with E-state index in [1.54, 1.807) is 6.92 Å². The highest BCUT2D eigenvalue weighted by molar-refractivity contribution is 6.02. The molecular weight excluding hydrogens is 411 g/mol. The van der Waals surface area contributed by atoms with Crippen molar-refractivity contribution in [2.45, 2.75) is 26.3 Å². The third-order valence-electron chi connectivity index (χ3n) is 3.97. The van der Waals surface area contributed by atoms with Crippen molar-refractivity contribution in [3.05, 3.63) is 56.2 Å². The van der Waals surface area contributed by atoms with Crippen LogP contribution >= 0.6 is 0 Å². The summed E-state index contributed by atoms with van der Waals surface area (Å²) in [6, 6.07) is 3.84. The third-order valence-corrected chi connectivity index (χ3v) is 3.97. The van der Waals surface area contributed by atoms with Crippen LogP contribution in [0.4, 0.5) is 19.0 Å². The van der Waals surface area contributed by atoms with Crippen molar-refractivity contribution in [1.82, 2.24) is 9.13 Å². The van der Waals surface area contributed by atoms with Gasteiger partial charge in [0, 0.05) is 13.6 Å². The van der Waals surface area contributed by atoms with Crippen LogP contribution < -0.4 is 21.7 Å². The number of carbonyl (C=O) groups is 2. The van der Waals surface area contributed by atoms with E-state index in [1.807, 2.05) is 0 Å². The average Bonchev–Trinajstić information content (AvgIpc) is 2.67. The van der Waals surface area contributed by atoms with Gasteiger partial charge in [0.2, 0.25) is 5.78 Å². The number of Topliss-reactive ketones (excluding diaryl/α,β-unsaturated/α-hetero) is 1. The highest BCUT2D eigenvalue weighted by Crippen LogP contribution is 2.23. The second kappa shape index (κ2) is 8.84. The monoisotopic (exact) mass is 429 g/mol. The van der Waals surface area contributed by atoms with E-state index in [2.05, 4.69) is 4.74 Å². The van der Waals surface area contributed by atoms with Gasteiger partial charge in [-0.05, 0) is 30.7 Å². The summed E-state index contributed by atoms with van der Waals surface area (Å²) < 4.78 is 46.8. The minimum Gasteiger partial charge on any atom is -0.454 e. The molecule has 0 amide bonds. The van der Waals surface area contributed by atoms with Crippen molar-refractivity contribution in [1.29, 1.82) is 0 Å². The lowest BCUT2D eigenvalue weighted by atomic mass is 10.2. The van der Waals surface area contributed by atoms with Gasteiger partial charge in [-0.1, -0.05) is 6.92 Å². The van der Waals surface area contributed by atoms with Gasteiger partial charge in [-0.25, -0.2) is 9.59 Å². The first kappa shape index (κ1) is 22.7. The maximum absolute atomic E-state index is 12.4. The van der Waals surface area contributed by atoms with Crippen molar-refractivity contribution >= 4 is 17.6 Å². The lowest BCUT2D eigenvalue weighted by molar-refractivity contribution is -0.274. The lowest BCUT2D eigenvalue weighted by Gasteiger charge is -2.14. The largest absolute Gasteiger partial charge is 0.573 e. The molecule has 162 valence electrons. The molecule has 2 rings (SSSR count). The normalized spacial score (nSPS) is 11.2. The number of rotatable bonds is 7. The molecule has 0 spiro atoms. The number of halogens is 3. The Morgan fingerprint density at radius 3 is 2.27 bits per heavy atom. The van der Waals surface area contributed by atoms with E-state index in [0.29, 0.717) is 6.42 Å². The van der Waals surface area contributed by atoms with Crippen LogP contribution in [-0.4, -0.2) is 33.9 Å². The molecule has 30 heavy (non-hydrogen) atoms. The molecule has 1 heterocycles. The Kier molecular flexibility index (Phi) is 6.70. The quantitative estimate of drug-likeness (QED) is 0.522. The Morgan fingerprint density at radius 2 is 1.73 bits per heavy atom. The molecule has 9 nitrogen and oxygen atoms in total. The summed E-state index contributed by atoms with van der Waals surface area (Å²) in [6.07, 6.45) is -4.37. The summed E-state index contributed by atoms with van der Waals surface area (Å²) >= 11 is 0. The Hall–Kier alpha value is -3.57. The molecule has 0 atom stereocenters. The fraction of sp³-hybridized carbons (Fsp3) is 0.333. The number of ether oxygens (including phenoxy) is 2. The highest BCUT2D eigenvalue weighted by Gasteiger charge is 2.31. The van der Waals surface area contributed by atoms with Crippen LogP contribution in [0.1, 0.15) is 34.1 Å². The summed E-state index contributed by atoms with van der Waals surface area (Å²) in [7, 11) is 1.18. The van der Waals surface area contributed by atoms with Crippen LogP contribution in [0.5, 0.6) is 5.75 Å². The topological polar surface area (TPSA) is 123 Å². The average molecular weight is 429 g/mol. The smallest absolute Gasteiger partial charge is 0.454 e. The van der Waals surface area contributed by atoms with Crippen LogP contribution in [0.25, 0.3) is 0 Å². The van der Waals surface area contributed by atoms with Crippen molar-refractivity contribution < 1.29 is 32.2 Å². The zero-order chi connectivity index (χ0) is 22.6. The predicted molar refractivity (Wildman–Crippen MR) is 98.4 cm³/mol. The number of anilines is 1. The second-order valence-corrected chi connectivity index (χ2v) is 6.13. The van der Waals surface area contributed by atoms with Crippen molar-refractivity contribution in [3.63, 3.8) is 0 Å². The number of esters is 1. The molecule has 0 aliphatic heterocycles. The van der Waals surface area contributed by atoms with Gasteiger partial charge in [0.25, 0.3) is 5.56 Å². The van der Waals surface area contributed by atoms with Gasteiger partial charge in [0.1, 0.15) is 17.1 Å². The number of nitrogens with zero attached hydrogens (tertiary/aromatic N) is 2. The molecule has 2 N–H and O–H groups in total. The van der Waals surface area contributed by atoms with Gasteiger partial charge in [-0.3, -0.25) is 18.7 Å². The number of alkyl halides is 3. The third kappa shape index (κ3) is 5.07. The molecule has 0 unspecified atom stereocenters. The number of benzene rings is 1. The van der Waals surface area contributed by atoms with E-state index in [1.165, 1.54) is 7.05 Å². The van der Waals surface area contributed by atoms with Crippen molar-refractivity contribution in [2.24, 2.45) is 7.05 Å². The van der Waals surface area contributed by atoms with Crippen molar-refractivity contribution in [3.8, 4) is 5.75 Å². The van der Waals surface area contributed by atoms with Gasteiger partial charge in [-0.15, -0.1) is 13.2 Å². The van der Waals surface area contributed by atoms with Crippen LogP contribution in [0, 0.1) is 0 Å². The lowest BCUT2D eigenvalue weighted by Crippen LogP contribution is -2.43. The van der Waals surface area contributed by atoms with E-state index in [-0.39, 0.29) is 17.9 Å². The molecule has 1 aromatic heterocycles. The predicted octanol–water partition coefficient (Wildman–Crippen LogP) is 1.48. The molecule has 0 aliphatic rings. The number of carbonyl (C=O) groups excluding carboxylic acids is 2. The zero-order valence-corrected chi connectivity index (χ0v) is 16.0. The fourth-order valence-corrected chi connectivity index (χ4v) is 2.56. The van der Waals surface area contributed by atoms with Gasteiger partial charge in [-0.2, -0.15) is 0 Å². The van der Waals surface area contributed by atoms with Crippen LogP contribution in [0.2, 0.25) is 0 Å². The summed E-state index contributed by atoms with van der Waals surface area (Å²) in [6.45, 7) is 1.08. The van der Waals surface area contributed by atoms with Gasteiger partial charge >= 0.3 is 18.0 Å². The molecule has 0 fully saturated rings. The number of aromatic nitrogens is 2. The number of nitrogens with two attached hydrogens (primary N) is 1. The van der Waals surface area contributed by atoms with Crippen LogP contribution in [-0.2, 0) is 18.3 Å². The molecule has 0 bridgehead atoms. The first-order chi connectivity index (χ1) is 14.0. The molecule has 1 aromatic carbocycles. The van der Waals surface area contributed by atoms with E-state index in [0.717, 1.165) is 33.4 Å². The zero-order valence-electron chi connectivity index (χ0n) is 16.0. The van der Waals surface area contributed by atoms with Crippen LogP contribution in [0.15, 0.2) is 33.9 Å². The van der Waals surface area contributed by atoms with E-state index in [9.17, 15) is 32.3 Å². The molecule has 12 heteroatoms. The molecule has 0 saturated heterocycles. The van der Waals surface area contributed by atoms with Crippen LogP contribution in [0.3, 0.4) is 0 Å². The van der Waals surface area contributed by atoms with Gasteiger partial charge < -0.3 is 15.2 Å². The standard InChI is InChI=1S/C18H18F3N3O6/c1-3-8-24-14(22)13(15(26)23(2)17(24)28)12(25)9-29-16(27)10-4-6-11(7-5-10)30-18(19,20)21/h4-7H,3,8-9,22H2,1-2H3. The molecular formula is C18H18F3N3O6. The maximum atomic E-state index is 12.4. The first-order valence-electron chi connectivity index (χ1n) is 8.61. The minimum atomic E-state index is -4.88. The molecule has 2 aromatic rings. The number of ketones is 1. The number of nitrogen functional groups attached to an aromatic ring is 1. The van der Waals surface area contributed by atoms with Crippen molar-refractivity contribution in [2.75, 3.05) is 12.3 Å².